The fourth-order valence-corrected chi connectivity index (χ4v) is 2.38. The Hall–Kier alpha value is 0.310. The molecule has 1 unspecified atom stereocenters. The van der Waals surface area contributed by atoms with Crippen molar-refractivity contribution in [1.82, 2.24) is 0 Å². The summed E-state index contributed by atoms with van der Waals surface area (Å²) in [7, 11) is 0. The molecule has 0 aromatic carbocycles. The Bertz CT molecular complexity index is 128. The van der Waals surface area contributed by atoms with Crippen LogP contribution >= 0.6 is 0 Å². The van der Waals surface area contributed by atoms with Gasteiger partial charge in [0, 0.05) is 6.61 Å². The lowest BCUT2D eigenvalue weighted by molar-refractivity contribution is -0.00700. The highest BCUT2D eigenvalue weighted by molar-refractivity contribution is 7.60. The molecule has 0 saturated heterocycles. The molecule has 1 saturated carbocycles. The number of rotatable bonds is 3. The molecule has 1 fully saturated rings. The fourth-order valence-electron chi connectivity index (χ4n) is 2.03. The van der Waals surface area contributed by atoms with Gasteiger partial charge in [-0.15, -0.1) is 0 Å². The van der Waals surface area contributed by atoms with Crippen LogP contribution in [0.1, 0.15) is 46.0 Å². The van der Waals surface area contributed by atoms with Gasteiger partial charge in [-0.2, -0.15) is 0 Å². The Balaban J connectivity index is 2.41. The number of hydrogen-bond donors (Lipinski definition) is 0. The third-order valence-corrected chi connectivity index (χ3v) is 3.23. The van der Waals surface area contributed by atoms with Gasteiger partial charge in [-0.05, 0) is 30.6 Å². The Morgan fingerprint density at radius 1 is 1.33 bits per heavy atom. The van der Waals surface area contributed by atoms with Crippen LogP contribution in [0.5, 0.6) is 0 Å². The predicted molar refractivity (Wildman–Crippen MR) is 54.0 cm³/mol. The van der Waals surface area contributed by atoms with E-state index in [0.717, 1.165) is 6.61 Å². The zero-order valence-corrected chi connectivity index (χ0v) is 8.95. The SMILES string of the molecule is CCOC(C)([S-])C1CCCCC1. The number of hydrogen-bond acceptors (Lipinski definition) is 2. The molecule has 0 aliphatic heterocycles. The first kappa shape index (κ1) is 10.4. The van der Waals surface area contributed by atoms with Crippen LogP contribution in [-0.4, -0.2) is 11.5 Å². The van der Waals surface area contributed by atoms with Crippen LogP contribution in [0.15, 0.2) is 0 Å². The molecule has 72 valence electrons. The summed E-state index contributed by atoms with van der Waals surface area (Å²) in [6.07, 6.45) is 6.59. The molecule has 0 aromatic heterocycles. The second-order valence-corrected chi connectivity index (χ2v) is 4.59. The Kier molecular flexibility index (Phi) is 3.91. The van der Waals surface area contributed by atoms with Crippen molar-refractivity contribution in [2.75, 3.05) is 6.61 Å². The maximum Gasteiger partial charge on any atom is 0.0418 e. The zero-order chi connectivity index (χ0) is 9.03. The second kappa shape index (κ2) is 4.52. The van der Waals surface area contributed by atoms with Crippen LogP contribution in [0.25, 0.3) is 0 Å². The van der Waals surface area contributed by atoms with Gasteiger partial charge in [0.2, 0.25) is 0 Å². The molecular formula is C10H19OS-. The van der Waals surface area contributed by atoms with Crippen molar-refractivity contribution in [3.8, 4) is 0 Å². The monoisotopic (exact) mass is 187 g/mol. The van der Waals surface area contributed by atoms with E-state index in [2.05, 4.69) is 6.92 Å². The summed E-state index contributed by atoms with van der Waals surface area (Å²) in [6.45, 7) is 4.83. The molecule has 0 N–H and O–H groups in total. The topological polar surface area (TPSA) is 9.23 Å². The molecule has 1 rings (SSSR count). The van der Waals surface area contributed by atoms with Crippen molar-refractivity contribution in [2.45, 2.75) is 50.9 Å². The summed E-state index contributed by atoms with van der Waals surface area (Å²) in [4.78, 5) is -0.296. The molecule has 0 aromatic rings. The molecule has 0 heterocycles. The maximum atomic E-state index is 5.58. The summed E-state index contributed by atoms with van der Waals surface area (Å²) < 4.78 is 5.58. The first-order valence-corrected chi connectivity index (χ1v) is 5.42. The van der Waals surface area contributed by atoms with E-state index in [1.165, 1.54) is 32.1 Å². The molecule has 1 aliphatic rings. The first-order valence-electron chi connectivity index (χ1n) is 5.01. The van der Waals surface area contributed by atoms with Gasteiger partial charge in [0.1, 0.15) is 0 Å². The predicted octanol–water partition coefficient (Wildman–Crippen LogP) is 2.87. The standard InChI is InChI=1S/C10H20OS/c1-3-11-10(2,12)9-7-5-4-6-8-9/h9,12H,3-8H2,1-2H3/p-1. The molecular weight excluding hydrogens is 168 g/mol. The molecule has 2 heteroatoms. The van der Waals surface area contributed by atoms with Gasteiger partial charge in [-0.1, -0.05) is 26.2 Å². The van der Waals surface area contributed by atoms with E-state index in [1.54, 1.807) is 0 Å². The third kappa shape index (κ3) is 2.67. The molecule has 1 nitrogen and oxygen atoms in total. The minimum absolute atomic E-state index is 0.296. The highest BCUT2D eigenvalue weighted by Crippen LogP contribution is 2.33. The van der Waals surface area contributed by atoms with Gasteiger partial charge >= 0.3 is 0 Å². The fraction of sp³-hybridized carbons (Fsp3) is 1.00. The Labute approximate surface area is 81.3 Å². The molecule has 0 amide bonds. The Morgan fingerprint density at radius 2 is 1.92 bits per heavy atom. The molecule has 0 spiro atoms. The largest absolute Gasteiger partial charge is 0.758 e. The molecule has 1 aliphatic carbocycles. The lowest BCUT2D eigenvalue weighted by Gasteiger charge is -2.46. The molecule has 12 heavy (non-hydrogen) atoms. The van der Waals surface area contributed by atoms with Crippen molar-refractivity contribution >= 4 is 12.6 Å². The van der Waals surface area contributed by atoms with E-state index >= 15 is 0 Å². The summed E-state index contributed by atoms with van der Waals surface area (Å²) >= 11 is 5.44. The van der Waals surface area contributed by atoms with Crippen LogP contribution in [0.3, 0.4) is 0 Å². The number of ether oxygens (including phenoxy) is 1. The van der Waals surface area contributed by atoms with Crippen molar-refractivity contribution in [3.05, 3.63) is 0 Å². The van der Waals surface area contributed by atoms with Gasteiger partial charge in [-0.25, -0.2) is 0 Å². The molecule has 0 bridgehead atoms. The van der Waals surface area contributed by atoms with Gasteiger partial charge in [-0.3, -0.25) is 0 Å². The van der Waals surface area contributed by atoms with Crippen LogP contribution in [0.2, 0.25) is 0 Å². The van der Waals surface area contributed by atoms with Crippen molar-refractivity contribution < 1.29 is 4.74 Å². The van der Waals surface area contributed by atoms with Crippen LogP contribution in [-0.2, 0) is 17.4 Å². The summed E-state index contributed by atoms with van der Waals surface area (Å²) in [5.74, 6) is 0.612. The Morgan fingerprint density at radius 3 is 2.42 bits per heavy atom. The van der Waals surface area contributed by atoms with Gasteiger partial charge in [0.05, 0.1) is 0 Å². The van der Waals surface area contributed by atoms with Gasteiger partial charge < -0.3 is 17.4 Å². The van der Waals surface area contributed by atoms with E-state index in [-0.39, 0.29) is 4.93 Å². The van der Waals surface area contributed by atoms with Crippen LogP contribution in [0, 0.1) is 5.92 Å². The first-order chi connectivity index (χ1) is 5.67. The highest BCUT2D eigenvalue weighted by Gasteiger charge is 2.23. The summed E-state index contributed by atoms with van der Waals surface area (Å²) in [5, 5.41) is 0. The van der Waals surface area contributed by atoms with E-state index < -0.39 is 0 Å². The summed E-state index contributed by atoms with van der Waals surface area (Å²) in [6, 6.07) is 0. The van der Waals surface area contributed by atoms with Gasteiger partial charge in [0.15, 0.2) is 0 Å². The van der Waals surface area contributed by atoms with Crippen molar-refractivity contribution in [1.29, 1.82) is 0 Å². The van der Waals surface area contributed by atoms with Gasteiger partial charge in [0.25, 0.3) is 0 Å². The normalized spacial score (nSPS) is 25.2. The van der Waals surface area contributed by atoms with Crippen molar-refractivity contribution in [3.63, 3.8) is 0 Å². The van der Waals surface area contributed by atoms with Crippen LogP contribution < -0.4 is 0 Å². The van der Waals surface area contributed by atoms with E-state index in [1.807, 2.05) is 6.92 Å². The quantitative estimate of drug-likeness (QED) is 0.628. The summed E-state index contributed by atoms with van der Waals surface area (Å²) in [5.41, 5.74) is 0. The van der Waals surface area contributed by atoms with E-state index in [0.29, 0.717) is 5.92 Å². The lowest BCUT2D eigenvalue weighted by Crippen LogP contribution is -2.36. The zero-order valence-electron chi connectivity index (χ0n) is 8.14. The average Bonchev–Trinajstić information content (AvgIpc) is 2.06. The maximum absolute atomic E-state index is 5.58. The minimum atomic E-state index is -0.296. The minimum Gasteiger partial charge on any atom is -0.758 e. The highest BCUT2D eigenvalue weighted by atomic mass is 32.1. The van der Waals surface area contributed by atoms with E-state index in [4.69, 9.17) is 17.4 Å². The molecule has 1 atom stereocenters. The second-order valence-electron chi connectivity index (χ2n) is 3.78. The third-order valence-electron chi connectivity index (χ3n) is 2.78. The smallest absolute Gasteiger partial charge is 0.0418 e. The lowest BCUT2D eigenvalue weighted by atomic mass is 9.85. The molecule has 0 radical (unpaired) electrons. The van der Waals surface area contributed by atoms with Crippen molar-refractivity contribution in [2.24, 2.45) is 5.92 Å². The van der Waals surface area contributed by atoms with E-state index in [9.17, 15) is 0 Å². The van der Waals surface area contributed by atoms with Crippen LogP contribution in [0.4, 0.5) is 0 Å². The average molecular weight is 187 g/mol.